The van der Waals surface area contributed by atoms with E-state index in [0.717, 1.165) is 4.90 Å². The van der Waals surface area contributed by atoms with Crippen molar-refractivity contribution in [1.29, 1.82) is 0 Å². The molecule has 0 aliphatic carbocycles. The van der Waals surface area contributed by atoms with Crippen LogP contribution in [0.4, 0.5) is 17.1 Å². The lowest BCUT2D eigenvalue weighted by atomic mass is 10.1. The highest BCUT2D eigenvalue weighted by atomic mass is 35.5. The third-order valence-corrected chi connectivity index (χ3v) is 6.11. The minimum Gasteiger partial charge on any atom is -0.462 e. The van der Waals surface area contributed by atoms with Crippen LogP contribution >= 0.6 is 34.8 Å². The summed E-state index contributed by atoms with van der Waals surface area (Å²) < 4.78 is 4.94. The molecule has 1 heterocycles. The lowest BCUT2D eigenvalue weighted by Crippen LogP contribution is -2.32. The van der Waals surface area contributed by atoms with Crippen LogP contribution in [0.25, 0.3) is 0 Å². The fourth-order valence-corrected chi connectivity index (χ4v) is 4.19. The standard InChI is InChI=1S/C26H18Cl3N3O5/c1-2-37-26(36)14-6-9-17(10-7-14)31-23(33)15-4-3-5-18(12-15)30-22-21(29)24(34)32(25(22)35)20-11-8-16(27)13-19(20)28/h3-13,30H,2H2,1H3,(H,31,33). The van der Waals surface area contributed by atoms with E-state index < -0.39 is 23.7 Å². The number of esters is 1. The van der Waals surface area contributed by atoms with Crippen molar-refractivity contribution in [2.75, 3.05) is 22.1 Å². The molecule has 0 bridgehead atoms. The lowest BCUT2D eigenvalue weighted by molar-refractivity contribution is -0.120. The molecule has 0 fully saturated rings. The first-order valence-electron chi connectivity index (χ1n) is 10.9. The molecule has 0 saturated heterocycles. The number of ether oxygens (including phenoxy) is 1. The number of rotatable bonds is 7. The summed E-state index contributed by atoms with van der Waals surface area (Å²) in [5.41, 5.74) is 1.42. The summed E-state index contributed by atoms with van der Waals surface area (Å²) in [6.45, 7) is 1.97. The summed E-state index contributed by atoms with van der Waals surface area (Å²) in [5, 5.41) is 5.68. The predicted molar refractivity (Wildman–Crippen MR) is 142 cm³/mol. The van der Waals surface area contributed by atoms with E-state index in [4.69, 9.17) is 39.5 Å². The van der Waals surface area contributed by atoms with Gasteiger partial charge in [-0.05, 0) is 67.6 Å². The number of nitrogens with zero attached hydrogens (tertiary/aromatic N) is 1. The van der Waals surface area contributed by atoms with Crippen LogP contribution in [0.5, 0.6) is 0 Å². The fourth-order valence-electron chi connectivity index (χ4n) is 3.48. The Morgan fingerprint density at radius 2 is 1.59 bits per heavy atom. The molecule has 0 radical (unpaired) electrons. The maximum atomic E-state index is 13.0. The number of carbonyl (C=O) groups excluding carboxylic acids is 4. The van der Waals surface area contributed by atoms with Crippen molar-refractivity contribution >= 4 is 75.6 Å². The van der Waals surface area contributed by atoms with E-state index in [-0.39, 0.29) is 33.6 Å². The number of anilines is 3. The zero-order valence-corrected chi connectivity index (χ0v) is 21.4. The number of hydrogen-bond acceptors (Lipinski definition) is 6. The average Bonchev–Trinajstić information content (AvgIpc) is 3.08. The fraction of sp³-hybridized carbons (Fsp3) is 0.0769. The molecule has 11 heteroatoms. The van der Waals surface area contributed by atoms with Gasteiger partial charge in [-0.25, -0.2) is 9.69 Å². The molecule has 0 atom stereocenters. The Hall–Kier alpha value is -3.85. The number of amides is 3. The van der Waals surface area contributed by atoms with E-state index in [2.05, 4.69) is 10.6 Å². The largest absolute Gasteiger partial charge is 0.462 e. The summed E-state index contributed by atoms with van der Waals surface area (Å²) >= 11 is 18.3. The Bertz CT molecular complexity index is 1450. The number of halogens is 3. The van der Waals surface area contributed by atoms with Crippen LogP contribution in [-0.2, 0) is 14.3 Å². The van der Waals surface area contributed by atoms with Gasteiger partial charge < -0.3 is 15.4 Å². The molecule has 3 aromatic carbocycles. The highest BCUT2D eigenvalue weighted by molar-refractivity contribution is 6.54. The van der Waals surface area contributed by atoms with Gasteiger partial charge in [-0.1, -0.05) is 40.9 Å². The van der Waals surface area contributed by atoms with Gasteiger partial charge in [0.15, 0.2) is 0 Å². The van der Waals surface area contributed by atoms with E-state index in [9.17, 15) is 19.2 Å². The van der Waals surface area contributed by atoms with Crippen molar-refractivity contribution in [1.82, 2.24) is 0 Å². The van der Waals surface area contributed by atoms with Gasteiger partial charge in [-0.3, -0.25) is 14.4 Å². The van der Waals surface area contributed by atoms with Gasteiger partial charge in [0, 0.05) is 22.0 Å². The second kappa shape index (κ2) is 11.0. The highest BCUT2D eigenvalue weighted by Crippen LogP contribution is 2.35. The molecule has 3 aromatic rings. The minimum absolute atomic E-state index is 0.105. The van der Waals surface area contributed by atoms with Crippen LogP contribution in [0, 0.1) is 0 Å². The number of carbonyl (C=O) groups is 4. The van der Waals surface area contributed by atoms with Gasteiger partial charge in [0.25, 0.3) is 17.7 Å². The Morgan fingerprint density at radius 3 is 2.27 bits per heavy atom. The molecule has 4 rings (SSSR count). The molecule has 0 saturated carbocycles. The Balaban J connectivity index is 1.49. The molecule has 0 aromatic heterocycles. The number of nitrogens with one attached hydrogen (secondary N) is 2. The van der Waals surface area contributed by atoms with E-state index in [1.165, 1.54) is 24.3 Å². The summed E-state index contributed by atoms with van der Waals surface area (Å²) in [6.07, 6.45) is 0. The summed E-state index contributed by atoms with van der Waals surface area (Å²) in [7, 11) is 0. The molecule has 3 amide bonds. The first-order valence-corrected chi connectivity index (χ1v) is 12.0. The molecule has 188 valence electrons. The zero-order chi connectivity index (χ0) is 26.7. The van der Waals surface area contributed by atoms with Gasteiger partial charge in [0.05, 0.1) is 22.9 Å². The second-order valence-electron chi connectivity index (χ2n) is 7.69. The van der Waals surface area contributed by atoms with Gasteiger partial charge in [0.2, 0.25) is 0 Å². The Labute approximate surface area is 226 Å². The number of hydrogen-bond donors (Lipinski definition) is 2. The van der Waals surface area contributed by atoms with Crippen LogP contribution in [-0.4, -0.2) is 30.3 Å². The lowest BCUT2D eigenvalue weighted by Gasteiger charge is -2.16. The maximum Gasteiger partial charge on any atom is 0.338 e. The Morgan fingerprint density at radius 1 is 0.865 bits per heavy atom. The van der Waals surface area contributed by atoms with Crippen LogP contribution in [0.15, 0.2) is 77.5 Å². The van der Waals surface area contributed by atoms with Crippen LogP contribution < -0.4 is 15.5 Å². The van der Waals surface area contributed by atoms with Crippen molar-refractivity contribution in [3.8, 4) is 0 Å². The van der Waals surface area contributed by atoms with Gasteiger partial charge in [0.1, 0.15) is 10.7 Å². The molecule has 1 aliphatic rings. The first-order chi connectivity index (χ1) is 17.7. The number of benzene rings is 3. The quantitative estimate of drug-likeness (QED) is 0.278. The van der Waals surface area contributed by atoms with Gasteiger partial charge in [-0.15, -0.1) is 0 Å². The van der Waals surface area contributed by atoms with E-state index in [0.29, 0.717) is 22.0 Å². The van der Waals surface area contributed by atoms with Crippen LogP contribution in [0.2, 0.25) is 10.0 Å². The molecular weight excluding hydrogens is 541 g/mol. The van der Waals surface area contributed by atoms with E-state index in [1.54, 1.807) is 49.4 Å². The minimum atomic E-state index is -0.751. The molecule has 0 spiro atoms. The summed E-state index contributed by atoms with van der Waals surface area (Å²) in [4.78, 5) is 51.2. The maximum absolute atomic E-state index is 13.0. The molecule has 0 unspecified atom stereocenters. The summed E-state index contributed by atoms with van der Waals surface area (Å²) in [5.74, 6) is -2.35. The van der Waals surface area contributed by atoms with Gasteiger partial charge >= 0.3 is 5.97 Å². The van der Waals surface area contributed by atoms with Crippen molar-refractivity contribution in [3.05, 3.63) is 98.6 Å². The molecule has 8 nitrogen and oxygen atoms in total. The average molecular weight is 559 g/mol. The normalized spacial score (nSPS) is 13.1. The van der Waals surface area contributed by atoms with E-state index >= 15 is 0 Å². The number of imide groups is 1. The van der Waals surface area contributed by atoms with Crippen molar-refractivity contribution in [2.45, 2.75) is 6.92 Å². The first kappa shape index (κ1) is 26.2. The van der Waals surface area contributed by atoms with Crippen LogP contribution in [0.3, 0.4) is 0 Å². The zero-order valence-electron chi connectivity index (χ0n) is 19.2. The molecule has 1 aliphatic heterocycles. The van der Waals surface area contributed by atoms with Crippen molar-refractivity contribution < 1.29 is 23.9 Å². The molecule has 2 N–H and O–H groups in total. The second-order valence-corrected chi connectivity index (χ2v) is 8.91. The smallest absolute Gasteiger partial charge is 0.338 e. The van der Waals surface area contributed by atoms with Crippen LogP contribution in [0.1, 0.15) is 27.6 Å². The molecular formula is C26H18Cl3N3O5. The SMILES string of the molecule is CCOC(=O)c1ccc(NC(=O)c2cccc(NC3=C(Cl)C(=O)N(c4ccc(Cl)cc4Cl)C3=O)c2)cc1. The topological polar surface area (TPSA) is 105 Å². The highest BCUT2D eigenvalue weighted by Gasteiger charge is 2.39. The Kier molecular flexibility index (Phi) is 7.83. The van der Waals surface area contributed by atoms with Gasteiger partial charge in [-0.2, -0.15) is 0 Å². The summed E-state index contributed by atoms with van der Waals surface area (Å²) in [6, 6.07) is 16.9. The van der Waals surface area contributed by atoms with Crippen molar-refractivity contribution in [2.24, 2.45) is 0 Å². The third-order valence-electron chi connectivity index (χ3n) is 5.23. The van der Waals surface area contributed by atoms with E-state index in [1.807, 2.05) is 0 Å². The molecule has 37 heavy (non-hydrogen) atoms. The van der Waals surface area contributed by atoms with Crippen molar-refractivity contribution in [3.63, 3.8) is 0 Å². The predicted octanol–water partition coefficient (Wildman–Crippen LogP) is 5.86. The third kappa shape index (κ3) is 5.61. The monoisotopic (exact) mass is 557 g/mol.